The Hall–Kier alpha value is -1.57. The maximum Gasteiger partial charge on any atom is 0.155 e. The molecule has 0 radical (unpaired) electrons. The molecule has 0 saturated carbocycles. The van der Waals surface area contributed by atoms with Gasteiger partial charge in [-0.05, 0) is 18.2 Å². The highest BCUT2D eigenvalue weighted by molar-refractivity contribution is 5.93. The molecule has 0 fully saturated rings. The first-order valence-electron chi connectivity index (χ1n) is 4.23. The number of phenolic OH excluding ortho intramolecular Hbond substituents is 1. The lowest BCUT2D eigenvalue weighted by molar-refractivity contribution is -0.114. The smallest absolute Gasteiger partial charge is 0.155 e. The van der Waals surface area contributed by atoms with E-state index >= 15 is 0 Å². The van der Waals surface area contributed by atoms with Gasteiger partial charge in [-0.3, -0.25) is 4.79 Å². The van der Waals surface area contributed by atoms with Crippen LogP contribution in [0.5, 0.6) is 5.75 Å². The molecule has 0 atom stereocenters. The highest BCUT2D eigenvalue weighted by Gasteiger charge is 1.95. The molecule has 13 heavy (non-hydrogen) atoms. The van der Waals surface area contributed by atoms with Crippen LogP contribution in [0.15, 0.2) is 30.3 Å². The third kappa shape index (κ3) is 2.75. The van der Waals surface area contributed by atoms with Crippen molar-refractivity contribution in [2.24, 2.45) is 0 Å². The van der Waals surface area contributed by atoms with E-state index in [1.54, 1.807) is 31.2 Å². The molecule has 2 nitrogen and oxygen atoms in total. The van der Waals surface area contributed by atoms with Crippen LogP contribution in [0.3, 0.4) is 0 Å². The van der Waals surface area contributed by atoms with Crippen LogP contribution in [-0.4, -0.2) is 10.9 Å². The molecule has 0 heterocycles. The standard InChI is InChI=1S/C11H12O2/c1-2-10(12)8-7-9-5-3-4-6-11(9)13/h3-8,13H,2H2,1H3/b8-7-. The van der Waals surface area contributed by atoms with Gasteiger partial charge in [0.2, 0.25) is 0 Å². The maximum absolute atomic E-state index is 10.9. The predicted molar refractivity (Wildman–Crippen MR) is 52.4 cm³/mol. The van der Waals surface area contributed by atoms with E-state index in [0.717, 1.165) is 0 Å². The molecule has 0 unspecified atom stereocenters. The number of hydrogen-bond acceptors (Lipinski definition) is 2. The minimum absolute atomic E-state index is 0.0586. The molecule has 0 spiro atoms. The Morgan fingerprint density at radius 3 is 2.77 bits per heavy atom. The molecule has 0 saturated heterocycles. The Morgan fingerprint density at radius 1 is 1.46 bits per heavy atom. The van der Waals surface area contributed by atoms with E-state index < -0.39 is 0 Å². The van der Waals surface area contributed by atoms with Crippen LogP contribution < -0.4 is 0 Å². The van der Waals surface area contributed by atoms with Crippen LogP contribution in [0.1, 0.15) is 18.9 Å². The molecule has 0 aliphatic carbocycles. The molecule has 1 rings (SSSR count). The summed E-state index contributed by atoms with van der Waals surface area (Å²) < 4.78 is 0. The predicted octanol–water partition coefficient (Wildman–Crippen LogP) is 2.38. The molecule has 1 aromatic rings. The second-order valence-electron chi connectivity index (χ2n) is 2.71. The summed E-state index contributed by atoms with van der Waals surface area (Å²) in [4.78, 5) is 10.9. The summed E-state index contributed by atoms with van der Waals surface area (Å²) in [5, 5.41) is 9.33. The number of benzene rings is 1. The Labute approximate surface area is 77.5 Å². The van der Waals surface area contributed by atoms with E-state index in [9.17, 15) is 9.90 Å². The summed E-state index contributed by atoms with van der Waals surface area (Å²) in [7, 11) is 0. The van der Waals surface area contributed by atoms with Crippen LogP contribution in [0.25, 0.3) is 6.08 Å². The summed E-state index contributed by atoms with van der Waals surface area (Å²) in [5.74, 6) is 0.255. The average molecular weight is 176 g/mol. The first kappa shape index (κ1) is 9.52. The Bertz CT molecular complexity index is 327. The van der Waals surface area contributed by atoms with Gasteiger partial charge < -0.3 is 5.11 Å². The van der Waals surface area contributed by atoms with Crippen LogP contribution in [0.2, 0.25) is 0 Å². The summed E-state index contributed by atoms with van der Waals surface area (Å²) in [6, 6.07) is 6.91. The zero-order valence-electron chi connectivity index (χ0n) is 7.53. The normalized spacial score (nSPS) is 10.5. The topological polar surface area (TPSA) is 37.3 Å². The van der Waals surface area contributed by atoms with Gasteiger partial charge in [0.1, 0.15) is 5.75 Å². The molecular weight excluding hydrogens is 164 g/mol. The van der Waals surface area contributed by atoms with Gasteiger partial charge in [-0.15, -0.1) is 0 Å². The fourth-order valence-corrected chi connectivity index (χ4v) is 0.929. The van der Waals surface area contributed by atoms with Crippen LogP contribution in [0, 0.1) is 0 Å². The third-order valence-corrected chi connectivity index (χ3v) is 1.73. The second-order valence-corrected chi connectivity index (χ2v) is 2.71. The highest BCUT2D eigenvalue weighted by Crippen LogP contribution is 2.16. The minimum atomic E-state index is 0.0586. The summed E-state index contributed by atoms with van der Waals surface area (Å²) in [6.45, 7) is 1.80. The van der Waals surface area contributed by atoms with Crippen molar-refractivity contribution in [3.63, 3.8) is 0 Å². The average Bonchev–Trinajstić information content (AvgIpc) is 2.16. The Morgan fingerprint density at radius 2 is 2.15 bits per heavy atom. The fraction of sp³-hybridized carbons (Fsp3) is 0.182. The number of para-hydroxylation sites is 1. The monoisotopic (exact) mass is 176 g/mol. The van der Waals surface area contributed by atoms with Gasteiger partial charge >= 0.3 is 0 Å². The molecule has 68 valence electrons. The number of phenols is 1. The fourth-order valence-electron chi connectivity index (χ4n) is 0.929. The third-order valence-electron chi connectivity index (χ3n) is 1.73. The van der Waals surface area contributed by atoms with E-state index in [-0.39, 0.29) is 11.5 Å². The lowest BCUT2D eigenvalue weighted by atomic mass is 10.1. The van der Waals surface area contributed by atoms with E-state index in [4.69, 9.17) is 0 Å². The Kier molecular flexibility index (Phi) is 3.26. The molecule has 2 heteroatoms. The zero-order chi connectivity index (χ0) is 9.68. The number of ketones is 1. The van der Waals surface area contributed by atoms with Crippen molar-refractivity contribution in [1.82, 2.24) is 0 Å². The SMILES string of the molecule is CCC(=O)/C=C\c1ccccc1O. The van der Waals surface area contributed by atoms with Gasteiger partial charge in [-0.25, -0.2) is 0 Å². The lowest BCUT2D eigenvalue weighted by Gasteiger charge is -1.95. The second kappa shape index (κ2) is 4.45. The van der Waals surface area contributed by atoms with Gasteiger partial charge in [-0.2, -0.15) is 0 Å². The molecule has 1 aromatic carbocycles. The molecule has 0 aromatic heterocycles. The van der Waals surface area contributed by atoms with Crippen molar-refractivity contribution in [3.8, 4) is 5.75 Å². The molecule has 0 aliphatic heterocycles. The van der Waals surface area contributed by atoms with Gasteiger partial charge in [0.25, 0.3) is 0 Å². The van der Waals surface area contributed by atoms with Crippen molar-refractivity contribution in [2.45, 2.75) is 13.3 Å². The van der Waals surface area contributed by atoms with Crippen LogP contribution in [-0.2, 0) is 4.79 Å². The summed E-state index contributed by atoms with van der Waals surface area (Å²) in [5.41, 5.74) is 0.671. The number of carbonyl (C=O) groups is 1. The van der Waals surface area contributed by atoms with Crippen LogP contribution in [0.4, 0.5) is 0 Å². The summed E-state index contributed by atoms with van der Waals surface area (Å²) >= 11 is 0. The first-order valence-corrected chi connectivity index (χ1v) is 4.23. The lowest BCUT2D eigenvalue weighted by Crippen LogP contribution is -1.86. The molecule has 1 N–H and O–H groups in total. The largest absolute Gasteiger partial charge is 0.507 e. The molecule has 0 bridgehead atoms. The number of allylic oxidation sites excluding steroid dienone is 1. The summed E-state index contributed by atoms with van der Waals surface area (Å²) in [6.07, 6.45) is 3.60. The van der Waals surface area contributed by atoms with E-state index in [1.807, 2.05) is 6.07 Å². The molecule has 0 amide bonds. The maximum atomic E-state index is 10.9. The van der Waals surface area contributed by atoms with Crippen molar-refractivity contribution >= 4 is 11.9 Å². The first-order chi connectivity index (χ1) is 6.24. The van der Waals surface area contributed by atoms with Gasteiger partial charge in [-0.1, -0.05) is 25.1 Å². The Balaban J connectivity index is 2.80. The quantitative estimate of drug-likeness (QED) is 0.718. The number of aromatic hydroxyl groups is 1. The van der Waals surface area contributed by atoms with Crippen molar-refractivity contribution in [1.29, 1.82) is 0 Å². The zero-order valence-corrected chi connectivity index (χ0v) is 7.53. The van der Waals surface area contributed by atoms with Crippen molar-refractivity contribution < 1.29 is 9.90 Å². The van der Waals surface area contributed by atoms with Gasteiger partial charge in [0.05, 0.1) is 0 Å². The molecular formula is C11H12O2. The highest BCUT2D eigenvalue weighted by atomic mass is 16.3. The van der Waals surface area contributed by atoms with Gasteiger partial charge in [0, 0.05) is 12.0 Å². The molecule has 0 aliphatic rings. The van der Waals surface area contributed by atoms with Crippen molar-refractivity contribution in [3.05, 3.63) is 35.9 Å². The minimum Gasteiger partial charge on any atom is -0.507 e. The van der Waals surface area contributed by atoms with Crippen molar-refractivity contribution in [2.75, 3.05) is 0 Å². The van der Waals surface area contributed by atoms with Gasteiger partial charge in [0.15, 0.2) is 5.78 Å². The van der Waals surface area contributed by atoms with E-state index in [2.05, 4.69) is 0 Å². The number of rotatable bonds is 3. The van der Waals surface area contributed by atoms with E-state index in [0.29, 0.717) is 12.0 Å². The number of hydrogen-bond donors (Lipinski definition) is 1. The van der Waals surface area contributed by atoms with Crippen LogP contribution >= 0.6 is 0 Å². The van der Waals surface area contributed by atoms with E-state index in [1.165, 1.54) is 6.08 Å². The number of carbonyl (C=O) groups excluding carboxylic acids is 1.